The summed E-state index contributed by atoms with van der Waals surface area (Å²) in [6, 6.07) is 19.2. The third-order valence-corrected chi connectivity index (χ3v) is 6.49. The fourth-order valence-electron chi connectivity index (χ4n) is 3.38. The highest BCUT2D eigenvalue weighted by molar-refractivity contribution is 7.92. The Hall–Kier alpha value is -3.85. The van der Waals surface area contributed by atoms with Gasteiger partial charge in [0.1, 0.15) is 5.84 Å². The highest BCUT2D eigenvalue weighted by atomic mass is 32.2. The maximum absolute atomic E-state index is 12.9. The number of nitrogens with two attached hydrogens (primary N) is 1. The molecule has 34 heavy (non-hydrogen) atoms. The topological polar surface area (TPSA) is 134 Å². The zero-order valence-electron chi connectivity index (χ0n) is 19.0. The van der Waals surface area contributed by atoms with Crippen LogP contribution in [-0.2, 0) is 26.0 Å². The molecular formula is C25H28N4O4S. The van der Waals surface area contributed by atoms with Crippen LogP contribution in [0.2, 0.25) is 0 Å². The van der Waals surface area contributed by atoms with Gasteiger partial charge in [-0.3, -0.25) is 10.1 Å². The first-order valence-electron chi connectivity index (χ1n) is 10.8. The third kappa shape index (κ3) is 6.14. The summed E-state index contributed by atoms with van der Waals surface area (Å²) >= 11 is 0. The second-order valence-electron chi connectivity index (χ2n) is 7.56. The van der Waals surface area contributed by atoms with Crippen LogP contribution in [0.3, 0.4) is 0 Å². The number of nitrogen functional groups attached to an aromatic ring is 1. The van der Waals surface area contributed by atoms with Gasteiger partial charge in [-0.1, -0.05) is 31.2 Å². The number of aryl methyl sites for hydroxylation is 1. The summed E-state index contributed by atoms with van der Waals surface area (Å²) in [7, 11) is -3.80. The van der Waals surface area contributed by atoms with Crippen LogP contribution in [0.15, 0.2) is 77.7 Å². The lowest BCUT2D eigenvalue weighted by atomic mass is 10.0. The van der Waals surface area contributed by atoms with E-state index in [9.17, 15) is 13.2 Å². The number of anilines is 2. The van der Waals surface area contributed by atoms with Crippen LogP contribution >= 0.6 is 0 Å². The van der Waals surface area contributed by atoms with Crippen molar-refractivity contribution in [2.45, 2.75) is 31.2 Å². The first-order chi connectivity index (χ1) is 16.2. The summed E-state index contributed by atoms with van der Waals surface area (Å²) < 4.78 is 33.6. The molecule has 0 aliphatic rings. The van der Waals surface area contributed by atoms with Crippen LogP contribution < -0.4 is 15.8 Å². The highest BCUT2D eigenvalue weighted by Crippen LogP contribution is 2.27. The molecule has 1 unspecified atom stereocenters. The van der Waals surface area contributed by atoms with Gasteiger partial charge in [0.25, 0.3) is 10.0 Å². The summed E-state index contributed by atoms with van der Waals surface area (Å²) in [5, 5.41) is 10.7. The van der Waals surface area contributed by atoms with E-state index in [4.69, 9.17) is 15.9 Å². The second-order valence-corrected chi connectivity index (χ2v) is 9.24. The molecule has 0 aliphatic heterocycles. The summed E-state index contributed by atoms with van der Waals surface area (Å²) in [6.45, 7) is 3.86. The van der Waals surface area contributed by atoms with Crippen LogP contribution in [0.1, 0.15) is 36.6 Å². The minimum Gasteiger partial charge on any atom is -0.464 e. The van der Waals surface area contributed by atoms with Gasteiger partial charge in [0.2, 0.25) is 0 Å². The van der Waals surface area contributed by atoms with Crippen LogP contribution in [-0.4, -0.2) is 26.8 Å². The van der Waals surface area contributed by atoms with Crippen LogP contribution in [0.4, 0.5) is 11.4 Å². The van der Waals surface area contributed by atoms with E-state index < -0.39 is 22.0 Å². The van der Waals surface area contributed by atoms with Gasteiger partial charge in [-0.05, 0) is 73.0 Å². The lowest BCUT2D eigenvalue weighted by Crippen LogP contribution is -2.24. The first kappa shape index (κ1) is 24.8. The van der Waals surface area contributed by atoms with Gasteiger partial charge in [-0.15, -0.1) is 0 Å². The number of benzene rings is 3. The quantitative estimate of drug-likeness (QED) is 0.196. The predicted molar refractivity (Wildman–Crippen MR) is 134 cm³/mol. The molecule has 0 aliphatic carbocycles. The number of rotatable bonds is 10. The van der Waals surface area contributed by atoms with Crippen LogP contribution in [0.5, 0.6) is 0 Å². The molecule has 3 aromatic rings. The van der Waals surface area contributed by atoms with Crippen molar-refractivity contribution in [2.24, 2.45) is 5.73 Å². The second kappa shape index (κ2) is 10.8. The molecule has 9 heteroatoms. The predicted octanol–water partition coefficient (Wildman–Crippen LogP) is 4.05. The highest BCUT2D eigenvalue weighted by Gasteiger charge is 2.24. The number of esters is 1. The van der Waals surface area contributed by atoms with E-state index in [-0.39, 0.29) is 17.3 Å². The molecule has 0 saturated carbocycles. The number of sulfonamides is 1. The average Bonchev–Trinajstić information content (AvgIpc) is 2.83. The van der Waals surface area contributed by atoms with Crippen molar-refractivity contribution in [2.75, 3.05) is 16.6 Å². The maximum atomic E-state index is 12.9. The van der Waals surface area contributed by atoms with Gasteiger partial charge in [-0.25, -0.2) is 13.2 Å². The van der Waals surface area contributed by atoms with Crippen molar-refractivity contribution in [1.82, 2.24) is 0 Å². The Kier molecular flexibility index (Phi) is 7.91. The third-order valence-electron chi connectivity index (χ3n) is 5.09. The van der Waals surface area contributed by atoms with Gasteiger partial charge < -0.3 is 15.8 Å². The molecule has 178 valence electrons. The Morgan fingerprint density at radius 3 is 2.26 bits per heavy atom. The molecule has 0 heterocycles. The Labute approximate surface area is 199 Å². The smallest absolute Gasteiger partial charge is 0.333 e. The minimum atomic E-state index is -3.80. The summed E-state index contributed by atoms with van der Waals surface area (Å²) in [4.78, 5) is 13.0. The van der Waals surface area contributed by atoms with Gasteiger partial charge in [-0.2, -0.15) is 0 Å². The van der Waals surface area contributed by atoms with E-state index in [1.165, 1.54) is 12.1 Å². The monoisotopic (exact) mass is 480 g/mol. The number of nitrogens with one attached hydrogen (secondary N) is 3. The van der Waals surface area contributed by atoms with E-state index >= 15 is 0 Å². The van der Waals surface area contributed by atoms with Crippen molar-refractivity contribution >= 4 is 33.2 Å². The average molecular weight is 481 g/mol. The lowest BCUT2D eigenvalue weighted by molar-refractivity contribution is -0.144. The van der Waals surface area contributed by atoms with Gasteiger partial charge in [0, 0.05) is 16.9 Å². The van der Waals surface area contributed by atoms with Crippen molar-refractivity contribution in [3.05, 3.63) is 89.5 Å². The largest absolute Gasteiger partial charge is 0.464 e. The van der Waals surface area contributed by atoms with Crippen LogP contribution in [0, 0.1) is 5.41 Å². The Morgan fingerprint density at radius 1 is 1.00 bits per heavy atom. The SMILES string of the molecule is CCOC(=O)C(Nc1ccc(C(=N)N)cc1)c1cc(CC)cc(NS(=O)(=O)c2ccccc2)c1. The minimum absolute atomic E-state index is 0.0560. The Balaban J connectivity index is 1.98. The molecule has 0 fully saturated rings. The van der Waals surface area contributed by atoms with E-state index in [1.54, 1.807) is 61.5 Å². The van der Waals surface area contributed by atoms with Gasteiger partial charge in [0.05, 0.1) is 11.5 Å². The molecule has 0 radical (unpaired) electrons. The van der Waals surface area contributed by atoms with Crippen LogP contribution in [0.25, 0.3) is 0 Å². The molecule has 3 aromatic carbocycles. The maximum Gasteiger partial charge on any atom is 0.333 e. The lowest BCUT2D eigenvalue weighted by Gasteiger charge is -2.21. The molecule has 0 saturated heterocycles. The van der Waals surface area contributed by atoms with Crippen molar-refractivity contribution in [3.8, 4) is 0 Å². The van der Waals surface area contributed by atoms with Gasteiger partial charge >= 0.3 is 5.97 Å². The molecule has 0 aromatic heterocycles. The number of ether oxygens (including phenoxy) is 1. The number of carbonyl (C=O) groups excluding carboxylic acids is 1. The Bertz CT molecular complexity index is 1260. The van der Waals surface area contributed by atoms with E-state index in [0.717, 1.165) is 5.56 Å². The normalized spacial score (nSPS) is 11.9. The summed E-state index contributed by atoms with van der Waals surface area (Å²) in [5.74, 6) is -0.553. The molecule has 5 N–H and O–H groups in total. The molecule has 0 spiro atoms. The number of hydrogen-bond acceptors (Lipinski definition) is 6. The summed E-state index contributed by atoms with van der Waals surface area (Å²) in [6.07, 6.45) is 0.636. The summed E-state index contributed by atoms with van der Waals surface area (Å²) in [5.41, 5.74) is 8.45. The van der Waals surface area contributed by atoms with Crippen molar-refractivity contribution < 1.29 is 17.9 Å². The van der Waals surface area contributed by atoms with Crippen molar-refractivity contribution in [1.29, 1.82) is 5.41 Å². The van der Waals surface area contributed by atoms with Gasteiger partial charge in [0.15, 0.2) is 6.04 Å². The van der Waals surface area contributed by atoms with E-state index in [1.807, 2.05) is 13.0 Å². The molecule has 1 atom stereocenters. The number of hydrogen-bond donors (Lipinski definition) is 4. The zero-order valence-corrected chi connectivity index (χ0v) is 19.9. The fourth-order valence-corrected chi connectivity index (χ4v) is 4.44. The molecule has 8 nitrogen and oxygen atoms in total. The first-order valence-corrected chi connectivity index (χ1v) is 12.3. The zero-order chi connectivity index (χ0) is 24.7. The van der Waals surface area contributed by atoms with Crippen molar-refractivity contribution in [3.63, 3.8) is 0 Å². The number of carbonyl (C=O) groups is 1. The molecule has 3 rings (SSSR count). The van der Waals surface area contributed by atoms with E-state index in [2.05, 4.69) is 10.0 Å². The molecule has 0 amide bonds. The molecular weight excluding hydrogens is 452 g/mol. The Morgan fingerprint density at radius 2 is 1.68 bits per heavy atom. The molecule has 0 bridgehead atoms. The standard InChI is InChI=1S/C25H28N4O4S/c1-3-17-14-19(16-21(15-17)29-34(31,32)22-8-6-5-7-9-22)23(25(30)33-4-2)28-20-12-10-18(11-13-20)24(26)27/h5-16,23,28-29H,3-4H2,1-2H3,(H3,26,27). The fraction of sp³-hybridized carbons (Fsp3) is 0.200. The number of amidine groups is 1. The van der Waals surface area contributed by atoms with E-state index in [0.29, 0.717) is 28.9 Å².